The Morgan fingerprint density at radius 3 is 2.75 bits per heavy atom. The third kappa shape index (κ3) is 3.66. The molecule has 1 fully saturated rings. The second kappa shape index (κ2) is 6.98. The molecule has 1 aliphatic rings. The van der Waals surface area contributed by atoms with Crippen molar-refractivity contribution >= 4 is 17.5 Å². The number of amides is 1. The fourth-order valence-electron chi connectivity index (χ4n) is 3.03. The van der Waals surface area contributed by atoms with Crippen molar-refractivity contribution in [2.75, 3.05) is 0 Å². The number of rotatable bonds is 4. The van der Waals surface area contributed by atoms with Crippen molar-refractivity contribution in [3.63, 3.8) is 0 Å². The zero-order valence-electron chi connectivity index (χ0n) is 11.9. The maximum Gasteiger partial charge on any atom is 0.255 e. The van der Waals surface area contributed by atoms with Gasteiger partial charge in [0.05, 0.1) is 5.56 Å². The maximum atomic E-state index is 12.3. The van der Waals surface area contributed by atoms with Crippen molar-refractivity contribution in [2.45, 2.75) is 51.5 Å². The standard InChI is InChI=1S/C16H22ClNO2/c1-2-14(11-6-4-3-5-7-11)18-16(20)13-10-12(17)8-9-15(13)19/h8-11,14,19H,2-7H2,1H3,(H,18,20). The Labute approximate surface area is 125 Å². The van der Waals surface area contributed by atoms with Gasteiger partial charge in [0.1, 0.15) is 5.75 Å². The van der Waals surface area contributed by atoms with Gasteiger partial charge in [-0.3, -0.25) is 4.79 Å². The summed E-state index contributed by atoms with van der Waals surface area (Å²) in [5.41, 5.74) is 0.256. The average Bonchev–Trinajstić information content (AvgIpc) is 2.48. The number of phenolic OH excluding ortho intramolecular Hbond substituents is 1. The summed E-state index contributed by atoms with van der Waals surface area (Å²) in [5, 5.41) is 13.3. The molecule has 1 amide bonds. The average molecular weight is 296 g/mol. The first-order chi connectivity index (χ1) is 9.61. The van der Waals surface area contributed by atoms with Crippen molar-refractivity contribution in [3.05, 3.63) is 28.8 Å². The monoisotopic (exact) mass is 295 g/mol. The van der Waals surface area contributed by atoms with Gasteiger partial charge < -0.3 is 10.4 Å². The van der Waals surface area contributed by atoms with Gasteiger partial charge in [-0.1, -0.05) is 37.8 Å². The van der Waals surface area contributed by atoms with Crippen LogP contribution < -0.4 is 5.32 Å². The lowest BCUT2D eigenvalue weighted by Gasteiger charge is -2.30. The van der Waals surface area contributed by atoms with Crippen LogP contribution in [-0.4, -0.2) is 17.1 Å². The van der Waals surface area contributed by atoms with Crippen molar-refractivity contribution in [2.24, 2.45) is 5.92 Å². The van der Waals surface area contributed by atoms with Crippen LogP contribution in [0.5, 0.6) is 5.75 Å². The Balaban J connectivity index is 2.06. The Hall–Kier alpha value is -1.22. The Morgan fingerprint density at radius 1 is 1.40 bits per heavy atom. The summed E-state index contributed by atoms with van der Waals surface area (Å²) in [6.07, 6.45) is 7.08. The molecule has 110 valence electrons. The lowest BCUT2D eigenvalue weighted by atomic mass is 9.83. The number of benzene rings is 1. The van der Waals surface area contributed by atoms with Crippen LogP contribution in [0, 0.1) is 5.92 Å². The first-order valence-electron chi connectivity index (χ1n) is 7.41. The summed E-state index contributed by atoms with van der Waals surface area (Å²) in [4.78, 5) is 12.3. The third-order valence-corrected chi connectivity index (χ3v) is 4.41. The van der Waals surface area contributed by atoms with Gasteiger partial charge in [-0.05, 0) is 43.4 Å². The lowest BCUT2D eigenvalue weighted by Crippen LogP contribution is -2.40. The van der Waals surface area contributed by atoms with Crippen molar-refractivity contribution in [1.82, 2.24) is 5.32 Å². The largest absolute Gasteiger partial charge is 0.507 e. The molecule has 2 rings (SSSR count). The normalized spacial score (nSPS) is 17.7. The fourth-order valence-corrected chi connectivity index (χ4v) is 3.20. The summed E-state index contributed by atoms with van der Waals surface area (Å²) in [6, 6.07) is 4.73. The molecule has 1 aromatic carbocycles. The van der Waals surface area contributed by atoms with Gasteiger partial charge in [0.15, 0.2) is 0 Å². The Kier molecular flexibility index (Phi) is 5.30. The van der Waals surface area contributed by atoms with Crippen molar-refractivity contribution < 1.29 is 9.90 Å². The van der Waals surface area contributed by atoms with Crippen LogP contribution in [-0.2, 0) is 0 Å². The van der Waals surface area contributed by atoms with E-state index in [1.165, 1.54) is 44.2 Å². The summed E-state index contributed by atoms with van der Waals surface area (Å²) in [7, 11) is 0. The maximum absolute atomic E-state index is 12.3. The van der Waals surface area contributed by atoms with Crippen LogP contribution in [0.1, 0.15) is 55.8 Å². The molecule has 1 aromatic rings. The van der Waals surface area contributed by atoms with E-state index in [2.05, 4.69) is 12.2 Å². The summed E-state index contributed by atoms with van der Waals surface area (Å²) >= 11 is 5.89. The summed E-state index contributed by atoms with van der Waals surface area (Å²) < 4.78 is 0. The van der Waals surface area contributed by atoms with Crippen molar-refractivity contribution in [1.29, 1.82) is 0 Å². The second-order valence-corrected chi connectivity index (χ2v) is 5.98. The van der Waals surface area contributed by atoms with E-state index >= 15 is 0 Å². The minimum atomic E-state index is -0.234. The zero-order valence-corrected chi connectivity index (χ0v) is 12.6. The van der Waals surface area contributed by atoms with Gasteiger partial charge in [-0.25, -0.2) is 0 Å². The van der Waals surface area contributed by atoms with E-state index in [1.54, 1.807) is 6.07 Å². The molecule has 0 saturated heterocycles. The van der Waals surface area contributed by atoms with Gasteiger partial charge in [0.2, 0.25) is 0 Å². The molecule has 0 aliphatic heterocycles. The van der Waals surface area contributed by atoms with E-state index in [-0.39, 0.29) is 23.3 Å². The molecule has 0 aromatic heterocycles. The van der Waals surface area contributed by atoms with Crippen LogP contribution in [0.3, 0.4) is 0 Å². The number of nitrogens with one attached hydrogen (secondary N) is 1. The van der Waals surface area contributed by atoms with Crippen LogP contribution in [0.15, 0.2) is 18.2 Å². The van der Waals surface area contributed by atoms with Crippen LogP contribution >= 0.6 is 11.6 Å². The molecule has 0 heterocycles. The van der Waals surface area contributed by atoms with E-state index in [1.807, 2.05) is 0 Å². The third-order valence-electron chi connectivity index (χ3n) is 4.18. The molecule has 1 aliphatic carbocycles. The highest BCUT2D eigenvalue weighted by Gasteiger charge is 2.24. The highest BCUT2D eigenvalue weighted by molar-refractivity contribution is 6.31. The number of carbonyl (C=O) groups excluding carboxylic acids is 1. The van der Waals surface area contributed by atoms with E-state index in [9.17, 15) is 9.90 Å². The van der Waals surface area contributed by atoms with Crippen LogP contribution in [0.2, 0.25) is 5.02 Å². The van der Waals surface area contributed by atoms with E-state index < -0.39 is 0 Å². The smallest absolute Gasteiger partial charge is 0.255 e. The van der Waals surface area contributed by atoms with Gasteiger partial charge in [0, 0.05) is 11.1 Å². The number of phenols is 1. The second-order valence-electron chi connectivity index (χ2n) is 5.55. The van der Waals surface area contributed by atoms with E-state index in [0.717, 1.165) is 6.42 Å². The first kappa shape index (κ1) is 15.2. The molecule has 2 N–H and O–H groups in total. The quantitative estimate of drug-likeness (QED) is 0.877. The number of aromatic hydroxyl groups is 1. The molecule has 0 spiro atoms. The van der Waals surface area contributed by atoms with Gasteiger partial charge in [-0.15, -0.1) is 0 Å². The number of carbonyl (C=O) groups is 1. The van der Waals surface area contributed by atoms with Gasteiger partial charge >= 0.3 is 0 Å². The molecule has 1 saturated carbocycles. The molecule has 0 bridgehead atoms. The van der Waals surface area contributed by atoms with E-state index in [0.29, 0.717) is 10.9 Å². The molecule has 4 heteroatoms. The lowest BCUT2D eigenvalue weighted by molar-refractivity contribution is 0.0908. The summed E-state index contributed by atoms with van der Waals surface area (Å²) in [6.45, 7) is 2.09. The van der Waals surface area contributed by atoms with Gasteiger partial charge in [0.25, 0.3) is 5.91 Å². The molecule has 1 unspecified atom stereocenters. The minimum Gasteiger partial charge on any atom is -0.507 e. The minimum absolute atomic E-state index is 0.0228. The number of hydrogen-bond donors (Lipinski definition) is 2. The predicted molar refractivity (Wildman–Crippen MR) is 81.2 cm³/mol. The first-order valence-corrected chi connectivity index (χ1v) is 7.79. The van der Waals surface area contributed by atoms with E-state index in [4.69, 9.17) is 11.6 Å². The Morgan fingerprint density at radius 2 is 2.10 bits per heavy atom. The predicted octanol–water partition coefficient (Wildman–Crippen LogP) is 4.13. The number of hydrogen-bond acceptors (Lipinski definition) is 2. The van der Waals surface area contributed by atoms with Crippen molar-refractivity contribution in [3.8, 4) is 5.75 Å². The van der Waals surface area contributed by atoms with Crippen LogP contribution in [0.25, 0.3) is 0 Å². The Bertz CT molecular complexity index is 470. The topological polar surface area (TPSA) is 49.3 Å². The highest BCUT2D eigenvalue weighted by Crippen LogP contribution is 2.28. The molecule has 1 atom stereocenters. The SMILES string of the molecule is CCC(NC(=O)c1cc(Cl)ccc1O)C1CCCCC1. The fraction of sp³-hybridized carbons (Fsp3) is 0.562. The summed E-state index contributed by atoms with van der Waals surface area (Å²) in [5.74, 6) is 0.298. The molecule has 3 nitrogen and oxygen atoms in total. The molecular weight excluding hydrogens is 274 g/mol. The van der Waals surface area contributed by atoms with Gasteiger partial charge in [-0.2, -0.15) is 0 Å². The molecular formula is C16H22ClNO2. The van der Waals surface area contributed by atoms with Crippen LogP contribution in [0.4, 0.5) is 0 Å². The molecule has 0 radical (unpaired) electrons. The highest BCUT2D eigenvalue weighted by atomic mass is 35.5. The molecule has 20 heavy (non-hydrogen) atoms. The number of halogens is 1. The zero-order chi connectivity index (χ0) is 14.5.